The first-order chi connectivity index (χ1) is 9.60. The van der Waals surface area contributed by atoms with Gasteiger partial charge in [0.05, 0.1) is 12.2 Å². The number of esters is 1. The van der Waals surface area contributed by atoms with Gasteiger partial charge in [-0.3, -0.25) is 4.79 Å². The Bertz CT molecular complexity index is 524. The van der Waals surface area contributed by atoms with Gasteiger partial charge < -0.3 is 15.4 Å². The van der Waals surface area contributed by atoms with Gasteiger partial charge in [-0.15, -0.1) is 0 Å². The molecule has 0 radical (unpaired) electrons. The van der Waals surface area contributed by atoms with Crippen LogP contribution in [-0.2, 0) is 9.53 Å². The van der Waals surface area contributed by atoms with E-state index in [0.29, 0.717) is 17.9 Å². The predicted octanol–water partition coefficient (Wildman–Crippen LogP) is 2.09. The maximum Gasteiger partial charge on any atom is 0.338 e. The molecule has 0 heterocycles. The van der Waals surface area contributed by atoms with Crippen LogP contribution in [0.25, 0.3) is 0 Å². The second-order valence-corrected chi connectivity index (χ2v) is 4.92. The number of amides is 1. The van der Waals surface area contributed by atoms with Crippen molar-refractivity contribution in [2.45, 2.75) is 19.8 Å². The van der Waals surface area contributed by atoms with Gasteiger partial charge >= 0.3 is 5.97 Å². The molecule has 2 rings (SSSR count). The smallest absolute Gasteiger partial charge is 0.338 e. The number of carbonyl (C=O) groups is 2. The first kappa shape index (κ1) is 14.5. The zero-order valence-corrected chi connectivity index (χ0v) is 12.0. The number of carbonyl (C=O) groups excluding carboxylic acids is 2. The van der Waals surface area contributed by atoms with Gasteiger partial charge in [0.1, 0.15) is 0 Å². The van der Waals surface area contributed by atoms with Crippen molar-refractivity contribution in [3.05, 3.63) is 29.8 Å². The minimum atomic E-state index is -0.358. The highest BCUT2D eigenvalue weighted by atomic mass is 32.1. The van der Waals surface area contributed by atoms with Crippen molar-refractivity contribution >= 4 is 34.9 Å². The molecule has 0 spiro atoms. The quantitative estimate of drug-likeness (QED) is 0.657. The highest BCUT2D eigenvalue weighted by molar-refractivity contribution is 7.80. The van der Waals surface area contributed by atoms with Crippen molar-refractivity contribution in [2.24, 2.45) is 5.92 Å². The van der Waals surface area contributed by atoms with Crippen LogP contribution in [-0.4, -0.2) is 23.6 Å². The Labute approximate surface area is 122 Å². The van der Waals surface area contributed by atoms with Crippen LogP contribution in [0, 0.1) is 5.92 Å². The second kappa shape index (κ2) is 6.47. The molecule has 0 aromatic heterocycles. The number of anilines is 1. The van der Waals surface area contributed by atoms with E-state index in [1.54, 1.807) is 31.2 Å². The summed E-state index contributed by atoms with van der Waals surface area (Å²) in [6.45, 7) is 2.10. The molecule has 0 aliphatic heterocycles. The molecule has 0 saturated heterocycles. The summed E-state index contributed by atoms with van der Waals surface area (Å²) in [7, 11) is 0. The van der Waals surface area contributed by atoms with E-state index in [1.165, 1.54) is 0 Å². The van der Waals surface area contributed by atoms with Crippen molar-refractivity contribution in [1.82, 2.24) is 5.32 Å². The molecule has 6 heteroatoms. The van der Waals surface area contributed by atoms with Gasteiger partial charge in [-0.25, -0.2) is 4.79 Å². The monoisotopic (exact) mass is 292 g/mol. The normalized spacial score (nSPS) is 13.4. The maximum absolute atomic E-state index is 11.5. The first-order valence-electron chi connectivity index (χ1n) is 6.49. The predicted molar refractivity (Wildman–Crippen MR) is 79.5 cm³/mol. The Kier molecular flexibility index (Phi) is 4.68. The standard InChI is InChI=1S/C14H16N2O3S/c1-2-19-13(18)10-5-7-11(8-6-10)15-14(20)16-12(17)9-3-4-9/h5-9H,2-4H2,1H3,(H2,15,16,17,20). The summed E-state index contributed by atoms with van der Waals surface area (Å²) < 4.78 is 4.89. The Morgan fingerprint density at radius 1 is 1.30 bits per heavy atom. The summed E-state index contributed by atoms with van der Waals surface area (Å²) in [6.07, 6.45) is 1.87. The lowest BCUT2D eigenvalue weighted by atomic mass is 10.2. The zero-order valence-electron chi connectivity index (χ0n) is 11.1. The van der Waals surface area contributed by atoms with Gasteiger partial charge in [0.15, 0.2) is 5.11 Å². The van der Waals surface area contributed by atoms with Crippen LogP contribution in [0.3, 0.4) is 0 Å². The third-order valence-electron chi connectivity index (χ3n) is 2.84. The van der Waals surface area contributed by atoms with E-state index in [-0.39, 0.29) is 22.9 Å². The lowest BCUT2D eigenvalue weighted by Crippen LogP contribution is -2.35. The number of ether oxygens (including phenoxy) is 1. The van der Waals surface area contributed by atoms with Crippen LogP contribution in [0.15, 0.2) is 24.3 Å². The number of hydrogen-bond donors (Lipinski definition) is 2. The summed E-state index contributed by atoms with van der Waals surface area (Å²) in [4.78, 5) is 23.0. The van der Waals surface area contributed by atoms with Gasteiger partial charge in [0.25, 0.3) is 0 Å². The molecule has 0 atom stereocenters. The van der Waals surface area contributed by atoms with Gasteiger partial charge in [-0.05, 0) is 56.2 Å². The third kappa shape index (κ3) is 4.03. The Morgan fingerprint density at radius 2 is 1.95 bits per heavy atom. The Balaban J connectivity index is 1.87. The molecule has 2 N–H and O–H groups in total. The second-order valence-electron chi connectivity index (χ2n) is 4.52. The molecule has 106 valence electrons. The van der Waals surface area contributed by atoms with Crippen molar-refractivity contribution in [1.29, 1.82) is 0 Å². The molecule has 1 amide bonds. The largest absolute Gasteiger partial charge is 0.462 e. The van der Waals surface area contributed by atoms with E-state index in [0.717, 1.165) is 12.8 Å². The SMILES string of the molecule is CCOC(=O)c1ccc(NC(=S)NC(=O)C2CC2)cc1. The van der Waals surface area contributed by atoms with E-state index in [9.17, 15) is 9.59 Å². The number of rotatable bonds is 4. The molecule has 20 heavy (non-hydrogen) atoms. The van der Waals surface area contributed by atoms with Gasteiger partial charge in [0.2, 0.25) is 5.91 Å². The lowest BCUT2D eigenvalue weighted by Gasteiger charge is -2.09. The molecule has 0 unspecified atom stereocenters. The van der Waals surface area contributed by atoms with Gasteiger partial charge in [0, 0.05) is 11.6 Å². The average molecular weight is 292 g/mol. The van der Waals surface area contributed by atoms with Crippen LogP contribution in [0.5, 0.6) is 0 Å². The molecular formula is C14H16N2O3S. The van der Waals surface area contributed by atoms with Crippen molar-refractivity contribution in [3.63, 3.8) is 0 Å². The van der Waals surface area contributed by atoms with Crippen LogP contribution in [0.4, 0.5) is 5.69 Å². The average Bonchev–Trinajstić information content (AvgIpc) is 3.24. The van der Waals surface area contributed by atoms with Crippen molar-refractivity contribution in [2.75, 3.05) is 11.9 Å². The van der Waals surface area contributed by atoms with Crippen LogP contribution < -0.4 is 10.6 Å². The molecule has 1 aromatic rings. The zero-order chi connectivity index (χ0) is 14.5. The van der Waals surface area contributed by atoms with Crippen molar-refractivity contribution < 1.29 is 14.3 Å². The van der Waals surface area contributed by atoms with Crippen LogP contribution in [0.2, 0.25) is 0 Å². The molecule has 1 aromatic carbocycles. The van der Waals surface area contributed by atoms with Crippen LogP contribution in [0.1, 0.15) is 30.1 Å². The van der Waals surface area contributed by atoms with E-state index in [1.807, 2.05) is 0 Å². The fraction of sp³-hybridized carbons (Fsp3) is 0.357. The van der Waals surface area contributed by atoms with E-state index < -0.39 is 0 Å². The first-order valence-corrected chi connectivity index (χ1v) is 6.90. The highest BCUT2D eigenvalue weighted by Gasteiger charge is 2.29. The summed E-state index contributed by atoms with van der Waals surface area (Å²) in [5.41, 5.74) is 1.18. The summed E-state index contributed by atoms with van der Waals surface area (Å²) in [6, 6.07) is 6.71. The minimum absolute atomic E-state index is 0.0364. The van der Waals surface area contributed by atoms with E-state index in [4.69, 9.17) is 17.0 Å². The fourth-order valence-corrected chi connectivity index (χ4v) is 1.84. The molecule has 1 aliphatic carbocycles. The van der Waals surface area contributed by atoms with Crippen LogP contribution >= 0.6 is 12.2 Å². The van der Waals surface area contributed by atoms with Gasteiger partial charge in [-0.1, -0.05) is 0 Å². The topological polar surface area (TPSA) is 67.4 Å². The van der Waals surface area contributed by atoms with E-state index in [2.05, 4.69) is 10.6 Å². The minimum Gasteiger partial charge on any atom is -0.462 e. The highest BCUT2D eigenvalue weighted by Crippen LogP contribution is 2.28. The van der Waals surface area contributed by atoms with E-state index >= 15 is 0 Å². The Hall–Kier alpha value is -1.95. The van der Waals surface area contributed by atoms with Gasteiger partial charge in [-0.2, -0.15) is 0 Å². The molecule has 5 nitrogen and oxygen atoms in total. The summed E-state index contributed by atoms with van der Waals surface area (Å²) in [5, 5.41) is 5.81. The number of hydrogen-bond acceptors (Lipinski definition) is 4. The third-order valence-corrected chi connectivity index (χ3v) is 3.04. The molecule has 0 bridgehead atoms. The molecule has 1 fully saturated rings. The molecular weight excluding hydrogens is 276 g/mol. The Morgan fingerprint density at radius 3 is 2.50 bits per heavy atom. The van der Waals surface area contributed by atoms with Crippen molar-refractivity contribution in [3.8, 4) is 0 Å². The summed E-state index contributed by atoms with van der Waals surface area (Å²) in [5.74, 6) is -0.282. The number of thiocarbonyl (C=S) groups is 1. The number of benzene rings is 1. The fourth-order valence-electron chi connectivity index (χ4n) is 1.63. The molecule has 1 aliphatic rings. The number of nitrogens with one attached hydrogen (secondary N) is 2. The maximum atomic E-state index is 11.5. The summed E-state index contributed by atoms with van der Waals surface area (Å²) >= 11 is 5.05. The molecule has 1 saturated carbocycles. The lowest BCUT2D eigenvalue weighted by molar-refractivity contribution is -0.120.